The van der Waals surface area contributed by atoms with Gasteiger partial charge in [-0.15, -0.1) is 0 Å². The highest BCUT2D eigenvalue weighted by Gasteiger charge is 2.33. The van der Waals surface area contributed by atoms with Crippen LogP contribution in [0, 0.1) is 0 Å². The summed E-state index contributed by atoms with van der Waals surface area (Å²) in [5.41, 5.74) is 0.0774. The topological polar surface area (TPSA) is 78.0 Å². The maximum absolute atomic E-state index is 11.3. The van der Waals surface area contributed by atoms with Crippen LogP contribution < -0.4 is 10.9 Å². The number of hydrogen-bond donors (Lipinski definition) is 3. The fourth-order valence-electron chi connectivity index (χ4n) is 2.13. The number of rotatable bonds is 3. The highest BCUT2D eigenvalue weighted by Crippen LogP contribution is 2.33. The number of aliphatic hydroxyl groups excluding tert-OH is 1. The Morgan fingerprint density at radius 1 is 1.56 bits per heavy atom. The molecule has 0 saturated heterocycles. The first-order valence-electron chi connectivity index (χ1n) is 5.29. The van der Waals surface area contributed by atoms with Crippen LogP contribution in [0.25, 0.3) is 0 Å². The summed E-state index contributed by atoms with van der Waals surface area (Å²) >= 11 is 3.21. The van der Waals surface area contributed by atoms with Gasteiger partial charge in [-0.1, -0.05) is 12.8 Å². The maximum atomic E-state index is 11.3. The standard InChI is InChI=1S/C10H14BrN3O2/c11-8-7(5-12-14-9(8)16)13-10(6-15)3-1-2-4-10/h5,15H,1-4,6H2,(H2,13,14,16). The van der Waals surface area contributed by atoms with E-state index in [0.717, 1.165) is 25.7 Å². The maximum Gasteiger partial charge on any atom is 0.280 e. The van der Waals surface area contributed by atoms with Crippen molar-refractivity contribution in [3.05, 3.63) is 21.0 Å². The lowest BCUT2D eigenvalue weighted by Crippen LogP contribution is -2.39. The monoisotopic (exact) mass is 287 g/mol. The summed E-state index contributed by atoms with van der Waals surface area (Å²) in [6.45, 7) is 0.0756. The smallest absolute Gasteiger partial charge is 0.280 e. The highest BCUT2D eigenvalue weighted by atomic mass is 79.9. The highest BCUT2D eigenvalue weighted by molar-refractivity contribution is 9.10. The Kier molecular flexibility index (Phi) is 3.30. The molecule has 0 unspecified atom stereocenters. The number of nitrogens with one attached hydrogen (secondary N) is 2. The first-order valence-corrected chi connectivity index (χ1v) is 6.08. The zero-order valence-electron chi connectivity index (χ0n) is 8.79. The predicted octanol–water partition coefficient (Wildman–Crippen LogP) is 1.25. The average molecular weight is 288 g/mol. The second kappa shape index (κ2) is 4.55. The van der Waals surface area contributed by atoms with Gasteiger partial charge in [-0.25, -0.2) is 5.10 Å². The van der Waals surface area contributed by atoms with Crippen molar-refractivity contribution >= 4 is 21.6 Å². The van der Waals surface area contributed by atoms with Crippen LogP contribution in [0.15, 0.2) is 15.5 Å². The van der Waals surface area contributed by atoms with Gasteiger partial charge in [-0.3, -0.25) is 4.79 Å². The molecular formula is C10H14BrN3O2. The Balaban J connectivity index is 2.26. The number of hydrogen-bond acceptors (Lipinski definition) is 4. The molecule has 0 bridgehead atoms. The van der Waals surface area contributed by atoms with E-state index in [-0.39, 0.29) is 17.7 Å². The van der Waals surface area contributed by atoms with Crippen molar-refractivity contribution in [1.82, 2.24) is 10.2 Å². The van der Waals surface area contributed by atoms with Crippen molar-refractivity contribution < 1.29 is 5.11 Å². The molecule has 6 heteroatoms. The van der Waals surface area contributed by atoms with E-state index < -0.39 is 0 Å². The third kappa shape index (κ3) is 2.12. The number of nitrogens with zero attached hydrogens (tertiary/aromatic N) is 1. The molecule has 2 rings (SSSR count). The van der Waals surface area contributed by atoms with Crippen LogP contribution in [0.5, 0.6) is 0 Å². The molecule has 88 valence electrons. The molecule has 0 amide bonds. The van der Waals surface area contributed by atoms with E-state index in [1.54, 1.807) is 6.20 Å². The number of aromatic amines is 1. The first-order chi connectivity index (χ1) is 7.67. The third-order valence-electron chi connectivity index (χ3n) is 3.06. The summed E-state index contributed by atoms with van der Waals surface area (Å²) in [5.74, 6) is 0. The van der Waals surface area contributed by atoms with Gasteiger partial charge in [0.05, 0.1) is 24.0 Å². The summed E-state index contributed by atoms with van der Waals surface area (Å²) in [6, 6.07) is 0. The Bertz CT molecular complexity index is 426. The van der Waals surface area contributed by atoms with Gasteiger partial charge in [-0.2, -0.15) is 5.10 Å². The summed E-state index contributed by atoms with van der Waals surface area (Å²) in [4.78, 5) is 11.3. The van der Waals surface area contributed by atoms with E-state index in [2.05, 4.69) is 31.4 Å². The van der Waals surface area contributed by atoms with Crippen molar-refractivity contribution in [2.24, 2.45) is 0 Å². The molecule has 0 atom stereocenters. The van der Waals surface area contributed by atoms with Crippen LogP contribution in [0.1, 0.15) is 25.7 Å². The lowest BCUT2D eigenvalue weighted by molar-refractivity contribution is 0.214. The van der Waals surface area contributed by atoms with Gasteiger partial charge >= 0.3 is 0 Å². The SMILES string of the molecule is O=c1[nH]ncc(NC2(CO)CCCC2)c1Br. The van der Waals surface area contributed by atoms with Gasteiger partial charge in [0.1, 0.15) is 4.47 Å². The van der Waals surface area contributed by atoms with E-state index in [1.807, 2.05) is 0 Å². The van der Waals surface area contributed by atoms with Crippen LogP contribution in [0.2, 0.25) is 0 Å². The zero-order chi connectivity index (χ0) is 11.6. The first kappa shape index (κ1) is 11.6. The van der Waals surface area contributed by atoms with Crippen LogP contribution >= 0.6 is 15.9 Å². The normalized spacial score (nSPS) is 18.6. The molecule has 0 aliphatic heterocycles. The number of anilines is 1. The van der Waals surface area contributed by atoms with E-state index in [0.29, 0.717) is 10.2 Å². The van der Waals surface area contributed by atoms with Crippen molar-refractivity contribution in [2.75, 3.05) is 11.9 Å². The van der Waals surface area contributed by atoms with E-state index >= 15 is 0 Å². The van der Waals surface area contributed by atoms with E-state index in [1.165, 1.54) is 0 Å². The van der Waals surface area contributed by atoms with Gasteiger partial charge in [-0.05, 0) is 28.8 Å². The fraction of sp³-hybridized carbons (Fsp3) is 0.600. The molecule has 0 radical (unpaired) electrons. The van der Waals surface area contributed by atoms with Gasteiger partial charge in [0.15, 0.2) is 0 Å². The molecule has 3 N–H and O–H groups in total. The molecule has 1 aromatic heterocycles. The van der Waals surface area contributed by atoms with Crippen LogP contribution in [-0.4, -0.2) is 27.4 Å². The largest absolute Gasteiger partial charge is 0.394 e. The summed E-state index contributed by atoms with van der Waals surface area (Å²) in [5, 5.41) is 18.8. The molecule has 0 aromatic carbocycles. The average Bonchev–Trinajstić information content (AvgIpc) is 2.74. The molecule has 1 aromatic rings. The van der Waals surface area contributed by atoms with E-state index in [4.69, 9.17) is 0 Å². The van der Waals surface area contributed by atoms with Crippen molar-refractivity contribution in [2.45, 2.75) is 31.2 Å². The summed E-state index contributed by atoms with van der Waals surface area (Å²) in [7, 11) is 0. The number of aromatic nitrogens is 2. The van der Waals surface area contributed by atoms with Gasteiger partial charge in [0.2, 0.25) is 0 Å². The Hall–Kier alpha value is -0.880. The Morgan fingerprint density at radius 2 is 2.25 bits per heavy atom. The molecule has 5 nitrogen and oxygen atoms in total. The van der Waals surface area contributed by atoms with Gasteiger partial charge in [0.25, 0.3) is 5.56 Å². The van der Waals surface area contributed by atoms with Crippen LogP contribution in [-0.2, 0) is 0 Å². The zero-order valence-corrected chi connectivity index (χ0v) is 10.4. The van der Waals surface area contributed by atoms with Crippen LogP contribution in [0.3, 0.4) is 0 Å². The molecule has 16 heavy (non-hydrogen) atoms. The molecule has 1 saturated carbocycles. The minimum Gasteiger partial charge on any atom is -0.394 e. The number of halogens is 1. The molecule has 1 aliphatic rings. The van der Waals surface area contributed by atoms with Crippen LogP contribution in [0.4, 0.5) is 5.69 Å². The van der Waals surface area contributed by atoms with Crippen molar-refractivity contribution in [3.8, 4) is 0 Å². The molecule has 0 spiro atoms. The second-order valence-corrected chi connectivity index (χ2v) is 4.99. The summed E-state index contributed by atoms with van der Waals surface area (Å²) in [6.07, 6.45) is 5.59. The lowest BCUT2D eigenvalue weighted by Gasteiger charge is -2.29. The molecule has 1 aliphatic carbocycles. The minimum absolute atomic E-state index is 0.0756. The molecule has 1 heterocycles. The Labute approximate surface area is 101 Å². The lowest BCUT2D eigenvalue weighted by atomic mass is 9.99. The summed E-state index contributed by atoms with van der Waals surface area (Å²) < 4.78 is 0.433. The second-order valence-electron chi connectivity index (χ2n) is 4.20. The Morgan fingerprint density at radius 3 is 2.88 bits per heavy atom. The van der Waals surface area contributed by atoms with Gasteiger partial charge in [0, 0.05) is 0 Å². The third-order valence-corrected chi connectivity index (χ3v) is 3.85. The fourth-order valence-corrected chi connectivity index (χ4v) is 2.42. The predicted molar refractivity (Wildman–Crippen MR) is 64.5 cm³/mol. The van der Waals surface area contributed by atoms with E-state index in [9.17, 15) is 9.90 Å². The van der Waals surface area contributed by atoms with Crippen molar-refractivity contribution in [1.29, 1.82) is 0 Å². The van der Waals surface area contributed by atoms with Gasteiger partial charge < -0.3 is 10.4 Å². The number of aliphatic hydroxyl groups is 1. The molecule has 1 fully saturated rings. The molecular weight excluding hydrogens is 274 g/mol. The minimum atomic E-state index is -0.294. The number of H-pyrrole nitrogens is 1. The van der Waals surface area contributed by atoms with Crippen molar-refractivity contribution in [3.63, 3.8) is 0 Å². The quantitative estimate of drug-likeness (QED) is 0.782.